The molecule has 4 aromatic rings. The van der Waals surface area contributed by atoms with Gasteiger partial charge in [0.1, 0.15) is 6.61 Å². The number of hydrogen-bond donors (Lipinski definition) is 3. The smallest absolute Gasteiger partial charge is 0.289 e. The molecule has 156 valence electrons. The minimum absolute atomic E-state index is 0.0279. The number of benzene rings is 2. The van der Waals surface area contributed by atoms with Gasteiger partial charge in [0.05, 0.1) is 26.8 Å². The third kappa shape index (κ3) is 3.49. The van der Waals surface area contributed by atoms with Gasteiger partial charge >= 0.3 is 0 Å². The van der Waals surface area contributed by atoms with E-state index in [0.717, 1.165) is 16.8 Å². The van der Waals surface area contributed by atoms with Gasteiger partial charge in [-0.3, -0.25) is 19.7 Å². The molecule has 1 amide bonds. The fraction of sp³-hybridized carbons (Fsp3) is 0.0909. The number of ether oxygens (including phenoxy) is 1. The molecule has 3 heterocycles. The molecule has 5 rings (SSSR count). The lowest BCUT2D eigenvalue weighted by Crippen LogP contribution is -2.23. The number of thiophene rings is 1. The first-order valence-corrected chi connectivity index (χ1v) is 10.7. The Labute approximate surface area is 186 Å². The highest BCUT2D eigenvalue weighted by Crippen LogP contribution is 2.36. The predicted molar refractivity (Wildman–Crippen MR) is 123 cm³/mol. The van der Waals surface area contributed by atoms with Gasteiger partial charge in [-0.25, -0.2) is 0 Å². The minimum Gasteiger partial charge on any atom is -0.494 e. The highest BCUT2D eigenvalue weighted by molar-refractivity contribution is 7.18. The number of nitrogens with one attached hydrogen (secondary N) is 2. The summed E-state index contributed by atoms with van der Waals surface area (Å²) in [6.45, 7) is 1.13. The maximum atomic E-state index is 12.6. The van der Waals surface area contributed by atoms with E-state index in [1.165, 1.54) is 11.3 Å². The molecule has 0 bridgehead atoms. The molecule has 0 spiro atoms. The average Bonchev–Trinajstić information content (AvgIpc) is 3.48. The quantitative estimate of drug-likeness (QED) is 0.403. The molecule has 0 aliphatic carbocycles. The van der Waals surface area contributed by atoms with Crippen LogP contribution in [0.3, 0.4) is 0 Å². The number of nitrogens with zero attached hydrogens (tertiary/aromatic N) is 2. The molecule has 1 aliphatic heterocycles. The second-order valence-corrected chi connectivity index (χ2v) is 8.69. The fourth-order valence-electron chi connectivity index (χ4n) is 3.62. The Morgan fingerprint density at radius 2 is 1.90 bits per heavy atom. The Kier molecular flexibility index (Phi) is 4.80. The first kappa shape index (κ1) is 19.5. The minimum atomic E-state index is -0.281. The summed E-state index contributed by atoms with van der Waals surface area (Å²) in [5, 5.41) is 23.0. The highest BCUT2D eigenvalue weighted by atomic mass is 35.5. The molecule has 2 aromatic carbocycles. The zero-order valence-electron chi connectivity index (χ0n) is 16.1. The maximum absolute atomic E-state index is 12.6. The van der Waals surface area contributed by atoms with Crippen LogP contribution < -0.4 is 10.2 Å². The molecular formula is C22H17ClN4O3S. The summed E-state index contributed by atoms with van der Waals surface area (Å²) in [5.41, 5.74) is 2.12. The Morgan fingerprint density at radius 3 is 2.58 bits per heavy atom. The largest absolute Gasteiger partial charge is 0.494 e. The maximum Gasteiger partial charge on any atom is 0.289 e. The molecule has 1 aliphatic rings. The van der Waals surface area contributed by atoms with Gasteiger partial charge in [-0.15, -0.1) is 11.3 Å². The van der Waals surface area contributed by atoms with E-state index in [1.807, 2.05) is 42.6 Å². The zero-order chi connectivity index (χ0) is 21.5. The Morgan fingerprint density at radius 1 is 1.13 bits per heavy atom. The molecule has 1 saturated heterocycles. The third-order valence-corrected chi connectivity index (χ3v) is 6.33. The first-order valence-electron chi connectivity index (χ1n) is 9.50. The average molecular weight is 453 g/mol. The van der Waals surface area contributed by atoms with Crippen LogP contribution in [0.2, 0.25) is 4.34 Å². The predicted octanol–water partition coefficient (Wildman–Crippen LogP) is 5.07. The molecule has 1 fully saturated rings. The van der Waals surface area contributed by atoms with E-state index in [2.05, 4.69) is 5.32 Å². The van der Waals surface area contributed by atoms with Crippen molar-refractivity contribution in [3.05, 3.63) is 70.0 Å². The van der Waals surface area contributed by atoms with Crippen molar-refractivity contribution in [3.63, 3.8) is 0 Å². The summed E-state index contributed by atoms with van der Waals surface area (Å²) in [6.07, 6.45) is 1.82. The third-order valence-electron chi connectivity index (χ3n) is 5.10. The second kappa shape index (κ2) is 7.64. The van der Waals surface area contributed by atoms with Gasteiger partial charge in [0, 0.05) is 23.0 Å². The number of carbonyl (C=O) groups is 1. The van der Waals surface area contributed by atoms with Gasteiger partial charge in [0.25, 0.3) is 11.9 Å². The van der Waals surface area contributed by atoms with Crippen LogP contribution >= 0.6 is 22.9 Å². The highest BCUT2D eigenvalue weighted by Gasteiger charge is 2.21. The van der Waals surface area contributed by atoms with E-state index in [1.54, 1.807) is 27.7 Å². The number of hydrogen-bond acceptors (Lipinski definition) is 5. The summed E-state index contributed by atoms with van der Waals surface area (Å²) in [4.78, 5) is 14.8. The number of amidine groups is 1. The summed E-state index contributed by atoms with van der Waals surface area (Å²) in [5.74, 6) is -0.253. The SMILES string of the molecule is N=C1OCCN1c1ccc(-n2cc3cccc(NC(=O)c4ccc(Cl)s4)c3c2O)cc1. The topological polar surface area (TPSA) is 90.6 Å². The van der Waals surface area contributed by atoms with Gasteiger partial charge in [0.15, 0.2) is 0 Å². The van der Waals surface area contributed by atoms with Crippen LogP contribution in [0.1, 0.15) is 9.67 Å². The van der Waals surface area contributed by atoms with E-state index in [-0.39, 0.29) is 17.8 Å². The van der Waals surface area contributed by atoms with Gasteiger partial charge < -0.3 is 15.2 Å². The van der Waals surface area contributed by atoms with Crippen molar-refractivity contribution in [1.82, 2.24) is 4.57 Å². The van der Waals surface area contributed by atoms with Gasteiger partial charge in [-0.1, -0.05) is 23.7 Å². The lowest BCUT2D eigenvalue weighted by atomic mass is 10.2. The van der Waals surface area contributed by atoms with Crippen molar-refractivity contribution in [2.24, 2.45) is 0 Å². The monoisotopic (exact) mass is 452 g/mol. The number of fused-ring (bicyclic) bond motifs is 1. The number of rotatable bonds is 4. The lowest BCUT2D eigenvalue weighted by molar-refractivity contribution is 0.103. The number of aromatic hydroxyl groups is 1. The Hall–Kier alpha value is -3.49. The van der Waals surface area contributed by atoms with Crippen molar-refractivity contribution in [2.75, 3.05) is 23.4 Å². The molecule has 2 aromatic heterocycles. The molecule has 0 atom stereocenters. The van der Waals surface area contributed by atoms with E-state index in [0.29, 0.717) is 33.4 Å². The summed E-state index contributed by atoms with van der Waals surface area (Å²) in [7, 11) is 0. The molecule has 0 unspecified atom stereocenters. The van der Waals surface area contributed by atoms with Crippen LogP contribution in [0.5, 0.6) is 5.88 Å². The van der Waals surface area contributed by atoms with Crippen LogP contribution in [0, 0.1) is 5.41 Å². The number of aromatic nitrogens is 1. The van der Waals surface area contributed by atoms with Crippen LogP contribution in [0.15, 0.2) is 60.8 Å². The van der Waals surface area contributed by atoms with E-state index in [9.17, 15) is 9.90 Å². The van der Waals surface area contributed by atoms with Crippen molar-refractivity contribution >= 4 is 57.0 Å². The lowest BCUT2D eigenvalue weighted by Gasteiger charge is -2.15. The van der Waals surface area contributed by atoms with E-state index in [4.69, 9.17) is 21.7 Å². The standard InChI is InChI=1S/C22H17ClN4O3S/c23-18-9-8-17(31-18)20(28)25-16-3-1-2-13-12-27(21(29)19(13)16)15-6-4-14(5-7-15)26-10-11-30-22(26)24/h1-9,12,24,29H,10-11H2,(H,25,28). The van der Waals surface area contributed by atoms with Crippen LogP contribution in [-0.4, -0.2) is 34.8 Å². The fourth-order valence-corrected chi connectivity index (χ4v) is 4.56. The second-order valence-electron chi connectivity index (χ2n) is 6.97. The zero-order valence-corrected chi connectivity index (χ0v) is 17.7. The van der Waals surface area contributed by atoms with Crippen LogP contribution in [0.4, 0.5) is 11.4 Å². The van der Waals surface area contributed by atoms with Gasteiger partial charge in [-0.05, 0) is 42.5 Å². The van der Waals surface area contributed by atoms with Crippen LogP contribution in [0.25, 0.3) is 16.5 Å². The van der Waals surface area contributed by atoms with Gasteiger partial charge in [0.2, 0.25) is 5.88 Å². The first-order chi connectivity index (χ1) is 15.0. The number of carbonyl (C=O) groups excluding carboxylic acids is 1. The van der Waals surface area contributed by atoms with Crippen LogP contribution in [-0.2, 0) is 4.74 Å². The molecule has 0 radical (unpaired) electrons. The molecule has 9 heteroatoms. The molecular weight excluding hydrogens is 436 g/mol. The van der Waals surface area contributed by atoms with Crippen molar-refractivity contribution in [1.29, 1.82) is 5.41 Å². The Balaban J connectivity index is 1.48. The number of halogens is 1. The van der Waals surface area contributed by atoms with E-state index >= 15 is 0 Å². The summed E-state index contributed by atoms with van der Waals surface area (Å²) < 4.78 is 7.40. The molecule has 31 heavy (non-hydrogen) atoms. The Bertz CT molecular complexity index is 1310. The molecule has 7 nitrogen and oxygen atoms in total. The molecule has 0 saturated carbocycles. The molecule has 3 N–H and O–H groups in total. The van der Waals surface area contributed by atoms with Crippen molar-refractivity contribution in [3.8, 4) is 11.6 Å². The summed E-state index contributed by atoms with van der Waals surface area (Å²) >= 11 is 7.13. The van der Waals surface area contributed by atoms with E-state index < -0.39 is 0 Å². The number of anilines is 2. The summed E-state index contributed by atoms with van der Waals surface area (Å²) in [6, 6.07) is 16.4. The number of amides is 1. The van der Waals surface area contributed by atoms with Crippen molar-refractivity contribution < 1.29 is 14.6 Å². The van der Waals surface area contributed by atoms with Gasteiger partial charge in [-0.2, -0.15) is 0 Å². The normalized spacial score (nSPS) is 13.6. The van der Waals surface area contributed by atoms with Crippen molar-refractivity contribution in [2.45, 2.75) is 0 Å².